The molecule has 32 heavy (non-hydrogen) atoms. The summed E-state index contributed by atoms with van der Waals surface area (Å²) in [6.07, 6.45) is -0.609. The molecule has 12 heteroatoms. The van der Waals surface area contributed by atoms with Crippen LogP contribution in [-0.4, -0.2) is 38.6 Å². The van der Waals surface area contributed by atoms with Crippen LogP contribution < -0.4 is 10.9 Å². The van der Waals surface area contributed by atoms with E-state index in [2.05, 4.69) is 19.9 Å². The number of hydrogen-bond donors (Lipinski definition) is 2. The van der Waals surface area contributed by atoms with E-state index in [0.29, 0.717) is 11.3 Å². The SMILES string of the molecule is O=C(NCCc1nc(SCc2ccc(F)cc2)[nH]c(=O)c1Cc1cncnc1)C(F)(F)F. The highest BCUT2D eigenvalue weighted by Crippen LogP contribution is 2.20. The second-order valence-electron chi connectivity index (χ2n) is 6.64. The highest BCUT2D eigenvalue weighted by Gasteiger charge is 2.38. The average Bonchev–Trinajstić information content (AvgIpc) is 2.75. The molecular formula is C20H17F4N5O2S. The number of aromatic amines is 1. The third kappa shape index (κ3) is 6.61. The molecule has 0 aliphatic heterocycles. The van der Waals surface area contributed by atoms with E-state index in [0.717, 1.165) is 5.56 Å². The zero-order valence-corrected chi connectivity index (χ0v) is 17.3. The Labute approximate surface area is 183 Å². The number of hydrogen-bond acceptors (Lipinski definition) is 6. The molecule has 3 aromatic rings. The van der Waals surface area contributed by atoms with Crippen LogP contribution in [0.2, 0.25) is 0 Å². The van der Waals surface area contributed by atoms with Crippen molar-refractivity contribution in [3.63, 3.8) is 0 Å². The quantitative estimate of drug-likeness (QED) is 0.300. The van der Waals surface area contributed by atoms with Gasteiger partial charge in [-0.3, -0.25) is 9.59 Å². The molecule has 2 heterocycles. The van der Waals surface area contributed by atoms with Gasteiger partial charge in [-0.05, 0) is 23.3 Å². The Bertz CT molecular complexity index is 1120. The molecule has 168 valence electrons. The number of carbonyl (C=O) groups excluding carboxylic acids is 1. The third-order valence-electron chi connectivity index (χ3n) is 4.27. The van der Waals surface area contributed by atoms with Gasteiger partial charge in [0.25, 0.3) is 5.56 Å². The number of nitrogens with one attached hydrogen (secondary N) is 2. The Hall–Kier alpha value is -3.28. The van der Waals surface area contributed by atoms with Crippen LogP contribution in [0.15, 0.2) is 52.9 Å². The molecule has 0 atom stereocenters. The number of carbonyl (C=O) groups is 1. The van der Waals surface area contributed by atoms with Gasteiger partial charge in [-0.25, -0.2) is 19.3 Å². The first-order chi connectivity index (χ1) is 15.2. The number of alkyl halides is 3. The van der Waals surface area contributed by atoms with Gasteiger partial charge in [0.15, 0.2) is 5.16 Å². The number of thioether (sulfide) groups is 1. The van der Waals surface area contributed by atoms with E-state index in [1.807, 2.05) is 0 Å². The Kier molecular flexibility index (Phi) is 7.57. The number of rotatable bonds is 8. The zero-order chi connectivity index (χ0) is 23.1. The summed E-state index contributed by atoms with van der Waals surface area (Å²) in [5, 5.41) is 2.04. The first kappa shape index (κ1) is 23.4. The molecule has 3 rings (SSSR count). The highest BCUT2D eigenvalue weighted by atomic mass is 32.2. The molecule has 0 fully saturated rings. The van der Waals surface area contributed by atoms with Crippen LogP contribution >= 0.6 is 11.8 Å². The number of halogens is 4. The Morgan fingerprint density at radius 1 is 1.09 bits per heavy atom. The number of benzene rings is 1. The zero-order valence-electron chi connectivity index (χ0n) is 16.4. The van der Waals surface area contributed by atoms with Crippen molar-refractivity contribution in [3.8, 4) is 0 Å². The van der Waals surface area contributed by atoms with Crippen LogP contribution in [0.1, 0.15) is 22.4 Å². The van der Waals surface area contributed by atoms with Gasteiger partial charge in [0.1, 0.15) is 12.1 Å². The topological polar surface area (TPSA) is 101 Å². The van der Waals surface area contributed by atoms with E-state index < -0.39 is 17.6 Å². The molecule has 0 saturated carbocycles. The monoisotopic (exact) mass is 467 g/mol. The lowest BCUT2D eigenvalue weighted by Gasteiger charge is -2.12. The minimum atomic E-state index is -5.00. The standard InChI is InChI=1S/C20H17F4N5O2S/c21-14-3-1-12(2-4-14)10-32-19-28-16(5-6-27-18(31)20(22,23)24)15(17(30)29-19)7-13-8-25-11-26-9-13/h1-4,8-9,11H,5-7,10H2,(H,27,31)(H,28,29,30). The lowest BCUT2D eigenvalue weighted by molar-refractivity contribution is -0.173. The predicted molar refractivity (Wildman–Crippen MR) is 108 cm³/mol. The van der Waals surface area contributed by atoms with E-state index in [9.17, 15) is 27.2 Å². The molecule has 0 aliphatic carbocycles. The maximum atomic E-state index is 13.1. The molecule has 0 radical (unpaired) electrons. The van der Waals surface area contributed by atoms with Crippen molar-refractivity contribution in [2.45, 2.75) is 29.9 Å². The van der Waals surface area contributed by atoms with Crippen LogP contribution in [0, 0.1) is 5.82 Å². The first-order valence-corrected chi connectivity index (χ1v) is 10.3. The molecule has 0 aliphatic rings. The fourth-order valence-corrected chi connectivity index (χ4v) is 3.57. The minimum Gasteiger partial charge on any atom is -0.348 e. The molecule has 0 unspecified atom stereocenters. The van der Waals surface area contributed by atoms with Gasteiger partial charge < -0.3 is 10.3 Å². The summed E-state index contributed by atoms with van der Waals surface area (Å²) in [7, 11) is 0. The third-order valence-corrected chi connectivity index (χ3v) is 5.21. The Morgan fingerprint density at radius 2 is 1.78 bits per heavy atom. The smallest absolute Gasteiger partial charge is 0.348 e. The highest BCUT2D eigenvalue weighted by molar-refractivity contribution is 7.98. The molecule has 2 N–H and O–H groups in total. The predicted octanol–water partition coefficient (Wildman–Crippen LogP) is 2.80. The second kappa shape index (κ2) is 10.4. The van der Waals surface area contributed by atoms with Crippen LogP contribution in [0.25, 0.3) is 0 Å². The maximum absolute atomic E-state index is 13.1. The van der Waals surface area contributed by atoms with E-state index in [4.69, 9.17) is 0 Å². The molecule has 0 spiro atoms. The summed E-state index contributed by atoms with van der Waals surface area (Å²) in [5.74, 6) is -2.05. The summed E-state index contributed by atoms with van der Waals surface area (Å²) < 4.78 is 50.4. The van der Waals surface area contributed by atoms with Crippen molar-refractivity contribution in [1.82, 2.24) is 25.3 Å². The summed E-state index contributed by atoms with van der Waals surface area (Å²) in [4.78, 5) is 38.6. The van der Waals surface area contributed by atoms with Crippen molar-refractivity contribution in [1.29, 1.82) is 0 Å². The largest absolute Gasteiger partial charge is 0.471 e. The fourth-order valence-electron chi connectivity index (χ4n) is 2.73. The molecule has 1 amide bonds. The van der Waals surface area contributed by atoms with E-state index in [-0.39, 0.29) is 41.6 Å². The van der Waals surface area contributed by atoms with E-state index in [1.165, 1.54) is 42.6 Å². The molecule has 1 aromatic carbocycles. The van der Waals surface area contributed by atoms with Crippen molar-refractivity contribution in [3.05, 3.63) is 81.5 Å². The molecular weight excluding hydrogens is 450 g/mol. The fraction of sp³-hybridized carbons (Fsp3) is 0.250. The van der Waals surface area contributed by atoms with Gasteiger partial charge in [-0.15, -0.1) is 0 Å². The van der Waals surface area contributed by atoms with Gasteiger partial charge >= 0.3 is 12.1 Å². The number of H-pyrrole nitrogens is 1. The average molecular weight is 467 g/mol. The van der Waals surface area contributed by atoms with Crippen LogP contribution in [0.5, 0.6) is 0 Å². The summed E-state index contributed by atoms with van der Waals surface area (Å²) in [6, 6.07) is 5.81. The Morgan fingerprint density at radius 3 is 2.44 bits per heavy atom. The summed E-state index contributed by atoms with van der Waals surface area (Å²) in [5.41, 5.74) is 1.45. The molecule has 7 nitrogen and oxygen atoms in total. The van der Waals surface area contributed by atoms with Crippen molar-refractivity contribution >= 4 is 17.7 Å². The van der Waals surface area contributed by atoms with Crippen LogP contribution in [0.3, 0.4) is 0 Å². The van der Waals surface area contributed by atoms with Gasteiger partial charge in [0.05, 0.1) is 5.69 Å². The first-order valence-electron chi connectivity index (χ1n) is 9.30. The van der Waals surface area contributed by atoms with Gasteiger partial charge in [0.2, 0.25) is 0 Å². The summed E-state index contributed by atoms with van der Waals surface area (Å²) in [6.45, 7) is -0.352. The summed E-state index contributed by atoms with van der Waals surface area (Å²) >= 11 is 1.19. The maximum Gasteiger partial charge on any atom is 0.471 e. The van der Waals surface area contributed by atoms with Crippen molar-refractivity contribution in [2.75, 3.05) is 6.54 Å². The number of aromatic nitrogens is 4. The van der Waals surface area contributed by atoms with Crippen LogP contribution in [0.4, 0.5) is 17.6 Å². The van der Waals surface area contributed by atoms with E-state index in [1.54, 1.807) is 17.4 Å². The molecule has 0 saturated heterocycles. The van der Waals surface area contributed by atoms with E-state index >= 15 is 0 Å². The molecule has 0 bridgehead atoms. The van der Waals surface area contributed by atoms with Crippen LogP contribution in [-0.2, 0) is 23.4 Å². The minimum absolute atomic E-state index is 0.0845. The second-order valence-corrected chi connectivity index (χ2v) is 7.60. The normalized spacial score (nSPS) is 11.4. The van der Waals surface area contributed by atoms with Gasteiger partial charge in [0, 0.05) is 43.1 Å². The van der Waals surface area contributed by atoms with Gasteiger partial charge in [-0.2, -0.15) is 13.2 Å². The van der Waals surface area contributed by atoms with Crippen molar-refractivity contribution in [2.24, 2.45) is 0 Å². The molecule has 2 aromatic heterocycles. The lowest BCUT2D eigenvalue weighted by Crippen LogP contribution is -2.38. The Balaban J connectivity index is 1.80. The lowest BCUT2D eigenvalue weighted by atomic mass is 10.1. The van der Waals surface area contributed by atoms with Crippen molar-refractivity contribution < 1.29 is 22.4 Å². The van der Waals surface area contributed by atoms with Gasteiger partial charge in [-0.1, -0.05) is 23.9 Å². The number of nitrogens with zero attached hydrogens (tertiary/aromatic N) is 3. The number of amides is 1.